The number of amides is 1. The Labute approximate surface area is 142 Å². The van der Waals surface area contributed by atoms with E-state index in [-0.39, 0.29) is 16.8 Å². The SMILES string of the molecule is Cc1cccnc1CNC(=O)c1ccc(S(=O)(=O)NC(C)C)cc1. The molecule has 0 atom stereocenters. The minimum absolute atomic E-state index is 0.133. The van der Waals surface area contributed by atoms with Gasteiger partial charge in [0.15, 0.2) is 0 Å². The molecule has 0 spiro atoms. The van der Waals surface area contributed by atoms with Crippen LogP contribution < -0.4 is 10.0 Å². The van der Waals surface area contributed by atoms with E-state index in [1.54, 1.807) is 20.0 Å². The van der Waals surface area contributed by atoms with E-state index in [0.717, 1.165) is 11.3 Å². The van der Waals surface area contributed by atoms with E-state index in [1.165, 1.54) is 24.3 Å². The number of benzene rings is 1. The van der Waals surface area contributed by atoms with Gasteiger partial charge >= 0.3 is 0 Å². The van der Waals surface area contributed by atoms with Gasteiger partial charge in [-0.1, -0.05) is 6.07 Å². The number of carbonyl (C=O) groups excluding carboxylic acids is 1. The summed E-state index contributed by atoms with van der Waals surface area (Å²) in [6, 6.07) is 9.41. The van der Waals surface area contributed by atoms with Crippen molar-refractivity contribution < 1.29 is 13.2 Å². The highest BCUT2D eigenvalue weighted by Crippen LogP contribution is 2.11. The Morgan fingerprint density at radius 1 is 1.17 bits per heavy atom. The van der Waals surface area contributed by atoms with Gasteiger partial charge in [-0.25, -0.2) is 13.1 Å². The van der Waals surface area contributed by atoms with Crippen LogP contribution in [0.4, 0.5) is 0 Å². The lowest BCUT2D eigenvalue weighted by Gasteiger charge is -2.10. The molecule has 0 aliphatic heterocycles. The summed E-state index contributed by atoms with van der Waals surface area (Å²) in [5.41, 5.74) is 2.19. The van der Waals surface area contributed by atoms with Crippen molar-refractivity contribution in [2.24, 2.45) is 0 Å². The molecule has 1 heterocycles. The molecule has 6 nitrogen and oxygen atoms in total. The first kappa shape index (κ1) is 18.1. The number of carbonyl (C=O) groups is 1. The second-order valence-electron chi connectivity index (χ2n) is 5.75. The summed E-state index contributed by atoms with van der Waals surface area (Å²) in [5.74, 6) is -0.277. The summed E-state index contributed by atoms with van der Waals surface area (Å²) in [4.78, 5) is 16.5. The van der Waals surface area contributed by atoms with E-state index < -0.39 is 10.0 Å². The lowest BCUT2D eigenvalue weighted by molar-refractivity contribution is 0.0950. The number of pyridine rings is 1. The number of nitrogens with one attached hydrogen (secondary N) is 2. The topological polar surface area (TPSA) is 88.2 Å². The number of sulfonamides is 1. The number of nitrogens with zero attached hydrogens (tertiary/aromatic N) is 1. The Kier molecular flexibility index (Phi) is 5.69. The summed E-state index contributed by atoms with van der Waals surface area (Å²) in [6.45, 7) is 5.74. The molecule has 0 aliphatic rings. The van der Waals surface area contributed by atoms with Crippen molar-refractivity contribution in [2.75, 3.05) is 0 Å². The minimum atomic E-state index is -3.55. The first-order valence-electron chi connectivity index (χ1n) is 7.60. The number of aryl methyl sites for hydroxylation is 1. The van der Waals surface area contributed by atoms with Crippen LogP contribution in [0.15, 0.2) is 47.5 Å². The zero-order valence-corrected chi connectivity index (χ0v) is 14.7. The molecule has 0 radical (unpaired) electrons. The highest BCUT2D eigenvalue weighted by molar-refractivity contribution is 7.89. The normalized spacial score (nSPS) is 11.5. The molecule has 2 aromatic rings. The molecular formula is C17H21N3O3S. The van der Waals surface area contributed by atoms with Crippen LogP contribution in [0, 0.1) is 6.92 Å². The third-order valence-electron chi connectivity index (χ3n) is 3.35. The van der Waals surface area contributed by atoms with Gasteiger partial charge < -0.3 is 5.32 Å². The summed E-state index contributed by atoms with van der Waals surface area (Å²) in [6.07, 6.45) is 1.68. The molecule has 7 heteroatoms. The van der Waals surface area contributed by atoms with Gasteiger partial charge in [0.25, 0.3) is 5.91 Å². The Hall–Kier alpha value is -2.25. The number of rotatable bonds is 6. The predicted molar refractivity (Wildman–Crippen MR) is 92.0 cm³/mol. The Morgan fingerprint density at radius 2 is 1.83 bits per heavy atom. The Balaban J connectivity index is 2.05. The molecule has 2 rings (SSSR count). The fourth-order valence-electron chi connectivity index (χ4n) is 2.13. The molecule has 24 heavy (non-hydrogen) atoms. The Bertz CT molecular complexity index is 815. The van der Waals surface area contributed by atoms with Gasteiger partial charge in [0.05, 0.1) is 17.1 Å². The molecule has 0 saturated heterocycles. The first-order chi connectivity index (χ1) is 11.3. The van der Waals surface area contributed by atoms with Crippen molar-refractivity contribution in [3.8, 4) is 0 Å². The molecular weight excluding hydrogens is 326 g/mol. The van der Waals surface area contributed by atoms with Crippen LogP contribution in [0.1, 0.15) is 35.5 Å². The molecule has 2 N–H and O–H groups in total. The zero-order chi connectivity index (χ0) is 17.7. The van der Waals surface area contributed by atoms with Crippen LogP contribution in [0.5, 0.6) is 0 Å². The maximum Gasteiger partial charge on any atom is 0.251 e. The predicted octanol–water partition coefficient (Wildman–Crippen LogP) is 2.01. The molecule has 1 aromatic heterocycles. The van der Waals surface area contributed by atoms with Crippen LogP contribution in [-0.2, 0) is 16.6 Å². The fraction of sp³-hybridized carbons (Fsp3) is 0.294. The van der Waals surface area contributed by atoms with Gasteiger partial charge in [-0.15, -0.1) is 0 Å². The van der Waals surface area contributed by atoms with Gasteiger partial charge in [0.1, 0.15) is 0 Å². The highest BCUT2D eigenvalue weighted by atomic mass is 32.2. The van der Waals surface area contributed by atoms with E-state index in [1.807, 2.05) is 19.1 Å². The molecule has 0 fully saturated rings. The van der Waals surface area contributed by atoms with E-state index in [2.05, 4.69) is 15.0 Å². The van der Waals surface area contributed by atoms with Crippen molar-refractivity contribution in [1.29, 1.82) is 0 Å². The monoisotopic (exact) mass is 347 g/mol. The second-order valence-corrected chi connectivity index (χ2v) is 7.46. The fourth-order valence-corrected chi connectivity index (χ4v) is 3.38. The van der Waals surface area contributed by atoms with E-state index >= 15 is 0 Å². The van der Waals surface area contributed by atoms with E-state index in [9.17, 15) is 13.2 Å². The van der Waals surface area contributed by atoms with Crippen molar-refractivity contribution in [3.63, 3.8) is 0 Å². The smallest absolute Gasteiger partial charge is 0.251 e. The number of hydrogen-bond acceptors (Lipinski definition) is 4. The Morgan fingerprint density at radius 3 is 2.42 bits per heavy atom. The van der Waals surface area contributed by atoms with Gasteiger partial charge in [-0.05, 0) is 56.7 Å². The van der Waals surface area contributed by atoms with Crippen LogP contribution in [0.25, 0.3) is 0 Å². The van der Waals surface area contributed by atoms with Crippen molar-refractivity contribution in [3.05, 3.63) is 59.4 Å². The molecule has 0 bridgehead atoms. The average Bonchev–Trinajstić information content (AvgIpc) is 2.53. The quantitative estimate of drug-likeness (QED) is 0.837. The molecule has 1 aromatic carbocycles. The first-order valence-corrected chi connectivity index (χ1v) is 9.09. The number of hydrogen-bond donors (Lipinski definition) is 2. The largest absolute Gasteiger partial charge is 0.346 e. The van der Waals surface area contributed by atoms with Crippen molar-refractivity contribution >= 4 is 15.9 Å². The molecule has 0 aliphatic carbocycles. The highest BCUT2D eigenvalue weighted by Gasteiger charge is 2.16. The third kappa shape index (κ3) is 4.62. The van der Waals surface area contributed by atoms with Gasteiger partial charge in [0.2, 0.25) is 10.0 Å². The summed E-state index contributed by atoms with van der Waals surface area (Å²) < 4.78 is 26.6. The van der Waals surface area contributed by atoms with Crippen LogP contribution in [0.2, 0.25) is 0 Å². The summed E-state index contributed by atoms with van der Waals surface area (Å²) >= 11 is 0. The van der Waals surface area contributed by atoms with Crippen LogP contribution in [-0.4, -0.2) is 25.4 Å². The van der Waals surface area contributed by atoms with Gasteiger partial charge in [-0.3, -0.25) is 9.78 Å². The summed E-state index contributed by atoms with van der Waals surface area (Å²) in [7, 11) is -3.55. The van der Waals surface area contributed by atoms with E-state index in [4.69, 9.17) is 0 Å². The minimum Gasteiger partial charge on any atom is -0.346 e. The molecule has 1 amide bonds. The third-order valence-corrected chi connectivity index (χ3v) is 5.03. The van der Waals surface area contributed by atoms with Crippen LogP contribution in [0.3, 0.4) is 0 Å². The lowest BCUT2D eigenvalue weighted by atomic mass is 10.2. The molecule has 0 unspecified atom stereocenters. The van der Waals surface area contributed by atoms with E-state index in [0.29, 0.717) is 12.1 Å². The number of aromatic nitrogens is 1. The maximum atomic E-state index is 12.2. The van der Waals surface area contributed by atoms with Gasteiger partial charge in [0, 0.05) is 17.8 Å². The van der Waals surface area contributed by atoms with Crippen LogP contribution >= 0.6 is 0 Å². The van der Waals surface area contributed by atoms with Gasteiger partial charge in [-0.2, -0.15) is 0 Å². The maximum absolute atomic E-state index is 12.2. The second kappa shape index (κ2) is 7.55. The standard InChI is InChI=1S/C17H21N3O3S/c1-12(2)20-24(22,23)15-8-6-14(7-9-15)17(21)19-11-16-13(3)5-4-10-18-16/h4-10,12,20H,11H2,1-3H3,(H,19,21). The lowest BCUT2D eigenvalue weighted by Crippen LogP contribution is -2.30. The average molecular weight is 347 g/mol. The molecule has 128 valence electrons. The van der Waals surface area contributed by atoms with Crippen molar-refractivity contribution in [1.82, 2.24) is 15.0 Å². The summed E-state index contributed by atoms with van der Waals surface area (Å²) in [5, 5.41) is 2.78. The van der Waals surface area contributed by atoms with Crippen molar-refractivity contribution in [2.45, 2.75) is 38.3 Å². The molecule has 0 saturated carbocycles. The zero-order valence-electron chi connectivity index (χ0n) is 13.9.